The molecule has 0 aliphatic heterocycles. The molecule has 2 N–H and O–H groups in total. The Morgan fingerprint density at radius 2 is 2.05 bits per heavy atom. The van der Waals surface area contributed by atoms with E-state index < -0.39 is 23.9 Å². The first kappa shape index (κ1) is 14.7. The number of ether oxygens (including phenoxy) is 1. The molecule has 0 bridgehead atoms. The summed E-state index contributed by atoms with van der Waals surface area (Å²) in [6.07, 6.45) is 0.572. The van der Waals surface area contributed by atoms with Gasteiger partial charge in [0.2, 0.25) is 0 Å². The van der Waals surface area contributed by atoms with Crippen LogP contribution in [-0.2, 0) is 16.0 Å². The molecule has 0 radical (unpaired) electrons. The minimum Gasteiger partial charge on any atom is -0.480 e. The van der Waals surface area contributed by atoms with E-state index in [2.05, 4.69) is 16.6 Å². The summed E-state index contributed by atoms with van der Waals surface area (Å²) in [6, 6.07) is 4.24. The van der Waals surface area contributed by atoms with Gasteiger partial charge < -0.3 is 15.2 Å². The lowest BCUT2D eigenvalue weighted by Gasteiger charge is -2.14. The summed E-state index contributed by atoms with van der Waals surface area (Å²) >= 11 is 0. The quantitative estimate of drug-likeness (QED) is 0.770. The monoisotopic (exact) mass is 267 g/mol. The van der Waals surface area contributed by atoms with Crippen molar-refractivity contribution in [3.05, 3.63) is 48.3 Å². The molecule has 1 rings (SSSR count). The first-order valence-corrected chi connectivity index (χ1v) is 5.54. The van der Waals surface area contributed by atoms with E-state index in [1.807, 2.05) is 0 Å². The number of carboxylic acids is 1. The molecule has 1 aromatic carbocycles. The van der Waals surface area contributed by atoms with Gasteiger partial charge in [0.15, 0.2) is 0 Å². The maximum Gasteiger partial charge on any atom is 0.408 e. The van der Waals surface area contributed by atoms with Gasteiger partial charge in [-0.05, 0) is 17.7 Å². The van der Waals surface area contributed by atoms with Gasteiger partial charge in [0.25, 0.3) is 0 Å². The molecule has 6 heteroatoms. The van der Waals surface area contributed by atoms with Crippen molar-refractivity contribution in [3.8, 4) is 0 Å². The van der Waals surface area contributed by atoms with Crippen molar-refractivity contribution in [2.24, 2.45) is 0 Å². The number of hydrogen-bond acceptors (Lipinski definition) is 3. The predicted molar refractivity (Wildman–Crippen MR) is 66.2 cm³/mol. The molecule has 0 unspecified atom stereocenters. The van der Waals surface area contributed by atoms with Gasteiger partial charge in [0.1, 0.15) is 18.5 Å². The Kier molecular flexibility index (Phi) is 5.53. The largest absolute Gasteiger partial charge is 0.480 e. The van der Waals surface area contributed by atoms with Gasteiger partial charge in [-0.25, -0.2) is 14.0 Å². The molecule has 0 heterocycles. The maximum absolute atomic E-state index is 12.7. The molecule has 0 fully saturated rings. The average Bonchev–Trinajstić information content (AvgIpc) is 2.38. The zero-order chi connectivity index (χ0) is 14.3. The molecule has 102 valence electrons. The highest BCUT2D eigenvalue weighted by atomic mass is 19.1. The van der Waals surface area contributed by atoms with Crippen LogP contribution < -0.4 is 5.32 Å². The van der Waals surface area contributed by atoms with Crippen LogP contribution in [0.25, 0.3) is 0 Å². The molecule has 0 saturated carbocycles. The lowest BCUT2D eigenvalue weighted by Crippen LogP contribution is -2.42. The van der Waals surface area contributed by atoms with Crippen LogP contribution in [0.1, 0.15) is 5.56 Å². The minimum absolute atomic E-state index is 0.00524. The van der Waals surface area contributed by atoms with Crippen LogP contribution in [0.5, 0.6) is 0 Å². The number of alkyl carbamates (subject to hydrolysis) is 1. The highest BCUT2D eigenvalue weighted by molar-refractivity contribution is 5.80. The van der Waals surface area contributed by atoms with Crippen molar-refractivity contribution in [1.82, 2.24) is 5.32 Å². The lowest BCUT2D eigenvalue weighted by atomic mass is 10.1. The van der Waals surface area contributed by atoms with E-state index in [1.54, 1.807) is 0 Å². The van der Waals surface area contributed by atoms with Gasteiger partial charge in [0.05, 0.1) is 0 Å². The Morgan fingerprint density at radius 3 is 2.58 bits per heavy atom. The third-order valence-corrected chi connectivity index (χ3v) is 2.28. The Balaban J connectivity index is 2.62. The zero-order valence-electron chi connectivity index (χ0n) is 10.1. The second kappa shape index (κ2) is 7.15. The average molecular weight is 267 g/mol. The summed E-state index contributed by atoms with van der Waals surface area (Å²) in [5.41, 5.74) is 0.595. The molecule has 1 atom stereocenters. The fraction of sp³-hybridized carbons (Fsp3) is 0.231. The van der Waals surface area contributed by atoms with E-state index in [1.165, 1.54) is 30.3 Å². The molecule has 1 amide bonds. The molecule has 0 aliphatic carbocycles. The molecular weight excluding hydrogens is 253 g/mol. The van der Waals surface area contributed by atoms with Crippen LogP contribution in [0, 0.1) is 5.82 Å². The highest BCUT2D eigenvalue weighted by Crippen LogP contribution is 2.06. The summed E-state index contributed by atoms with van der Waals surface area (Å²) in [6.45, 7) is 3.36. The second-order valence-corrected chi connectivity index (χ2v) is 3.75. The SMILES string of the molecule is C=CCOC(=O)N[C@H](Cc1ccc(F)cc1)C(=O)O. The third-order valence-electron chi connectivity index (χ3n) is 2.28. The van der Waals surface area contributed by atoms with E-state index >= 15 is 0 Å². The number of aliphatic carboxylic acids is 1. The van der Waals surface area contributed by atoms with Crippen LogP contribution in [0.15, 0.2) is 36.9 Å². The second-order valence-electron chi connectivity index (χ2n) is 3.75. The smallest absolute Gasteiger partial charge is 0.408 e. The van der Waals surface area contributed by atoms with Crippen LogP contribution >= 0.6 is 0 Å². The molecule has 5 nitrogen and oxygen atoms in total. The topological polar surface area (TPSA) is 75.6 Å². The first-order valence-electron chi connectivity index (χ1n) is 5.54. The fourth-order valence-corrected chi connectivity index (χ4v) is 1.37. The number of nitrogens with one attached hydrogen (secondary N) is 1. The standard InChI is InChI=1S/C13H14FNO4/c1-2-7-19-13(18)15-11(12(16)17)8-9-3-5-10(14)6-4-9/h2-6,11H,1,7-8H2,(H,15,18)(H,16,17)/t11-/m1/s1. The van der Waals surface area contributed by atoms with Gasteiger partial charge >= 0.3 is 12.1 Å². The van der Waals surface area contributed by atoms with Crippen LogP contribution in [-0.4, -0.2) is 29.8 Å². The van der Waals surface area contributed by atoms with E-state index in [0.29, 0.717) is 5.56 Å². The van der Waals surface area contributed by atoms with E-state index in [-0.39, 0.29) is 13.0 Å². The van der Waals surface area contributed by atoms with Crippen LogP contribution in [0.4, 0.5) is 9.18 Å². The normalized spacial score (nSPS) is 11.4. The van der Waals surface area contributed by atoms with E-state index in [0.717, 1.165) is 0 Å². The molecule has 0 aliphatic rings. The van der Waals surface area contributed by atoms with E-state index in [9.17, 15) is 14.0 Å². The summed E-state index contributed by atoms with van der Waals surface area (Å²) in [4.78, 5) is 22.3. The number of hydrogen-bond donors (Lipinski definition) is 2. The van der Waals surface area contributed by atoms with Crippen molar-refractivity contribution in [2.75, 3.05) is 6.61 Å². The van der Waals surface area contributed by atoms with Crippen LogP contribution in [0.3, 0.4) is 0 Å². The van der Waals surface area contributed by atoms with Gasteiger partial charge in [-0.2, -0.15) is 0 Å². The molecular formula is C13H14FNO4. The summed E-state index contributed by atoms with van der Waals surface area (Å²) in [7, 11) is 0. The van der Waals surface area contributed by atoms with Crippen molar-refractivity contribution < 1.29 is 23.8 Å². The van der Waals surface area contributed by atoms with Crippen molar-refractivity contribution in [2.45, 2.75) is 12.5 Å². The molecule has 0 aromatic heterocycles. The molecule has 0 saturated heterocycles. The van der Waals surface area contributed by atoms with Gasteiger partial charge in [-0.1, -0.05) is 24.8 Å². The Labute approximate surface area is 109 Å². The highest BCUT2D eigenvalue weighted by Gasteiger charge is 2.20. The zero-order valence-corrected chi connectivity index (χ0v) is 10.1. The number of benzene rings is 1. The molecule has 0 spiro atoms. The Bertz CT molecular complexity index is 458. The van der Waals surface area contributed by atoms with E-state index in [4.69, 9.17) is 5.11 Å². The number of carbonyl (C=O) groups is 2. The summed E-state index contributed by atoms with van der Waals surface area (Å²) in [5.74, 6) is -1.60. The first-order chi connectivity index (χ1) is 9.02. The number of carbonyl (C=O) groups excluding carboxylic acids is 1. The van der Waals surface area contributed by atoms with Gasteiger partial charge in [0, 0.05) is 6.42 Å². The fourth-order valence-electron chi connectivity index (χ4n) is 1.37. The minimum atomic E-state index is -1.19. The Hall–Kier alpha value is -2.37. The van der Waals surface area contributed by atoms with Crippen molar-refractivity contribution in [3.63, 3.8) is 0 Å². The number of halogens is 1. The van der Waals surface area contributed by atoms with Gasteiger partial charge in [-0.15, -0.1) is 0 Å². The van der Waals surface area contributed by atoms with Crippen molar-refractivity contribution >= 4 is 12.1 Å². The Morgan fingerprint density at radius 1 is 1.42 bits per heavy atom. The number of carboxylic acid groups (broad SMARTS) is 1. The van der Waals surface area contributed by atoms with Crippen molar-refractivity contribution in [1.29, 1.82) is 0 Å². The predicted octanol–water partition coefficient (Wildman–Crippen LogP) is 1.73. The lowest BCUT2D eigenvalue weighted by molar-refractivity contribution is -0.139. The third kappa shape index (κ3) is 5.20. The maximum atomic E-state index is 12.7. The summed E-state index contributed by atoms with van der Waals surface area (Å²) in [5, 5.41) is 11.2. The van der Waals surface area contributed by atoms with Gasteiger partial charge in [-0.3, -0.25) is 0 Å². The summed E-state index contributed by atoms with van der Waals surface area (Å²) < 4.78 is 17.4. The molecule has 1 aromatic rings. The number of rotatable bonds is 6. The molecule has 19 heavy (non-hydrogen) atoms. The number of amides is 1. The van der Waals surface area contributed by atoms with Crippen LogP contribution in [0.2, 0.25) is 0 Å².